The number of halogens is 1. The monoisotopic (exact) mass is 170 g/mol. The first kappa shape index (κ1) is 6.66. The Labute approximate surface area is 56.3 Å². The maximum Gasteiger partial charge on any atom is 0.349 e. The van der Waals surface area contributed by atoms with Crippen molar-refractivity contribution < 1.29 is 13.3 Å². The van der Waals surface area contributed by atoms with Crippen molar-refractivity contribution in [3.05, 3.63) is 12.5 Å². The van der Waals surface area contributed by atoms with Gasteiger partial charge < -0.3 is 4.84 Å². The van der Waals surface area contributed by atoms with Crippen LogP contribution in [0.1, 0.15) is 0 Å². The highest BCUT2D eigenvalue weighted by Gasteiger charge is 2.21. The quantitative estimate of drug-likeness (QED) is 0.549. The molecule has 1 aliphatic heterocycles. The van der Waals surface area contributed by atoms with E-state index in [9.17, 15) is 8.42 Å². The lowest BCUT2D eigenvalue weighted by atomic mass is 11.0. The van der Waals surface area contributed by atoms with E-state index in [1.807, 2.05) is 0 Å². The van der Waals surface area contributed by atoms with Gasteiger partial charge in [-0.25, -0.2) is 0 Å². The number of nitrogens with one attached hydrogen (secondary N) is 1. The topological polar surface area (TPSA) is 58.6 Å². The second kappa shape index (κ2) is 2.05. The van der Waals surface area contributed by atoms with Gasteiger partial charge in [0.15, 0.2) is 0 Å². The molecule has 0 bridgehead atoms. The van der Waals surface area contributed by atoms with Crippen LogP contribution in [0, 0.1) is 0 Å². The molecule has 0 radical (unpaired) electrons. The summed E-state index contributed by atoms with van der Waals surface area (Å²) >= 11 is 0. The first-order chi connectivity index (χ1) is 4.11. The Balaban J connectivity index is 2.68. The van der Waals surface area contributed by atoms with Gasteiger partial charge in [-0.2, -0.15) is 8.42 Å². The molecule has 0 saturated heterocycles. The number of hydrogen-bond acceptors (Lipinski definition) is 4. The highest BCUT2D eigenvalue weighted by atomic mass is 35.7. The zero-order valence-corrected chi connectivity index (χ0v) is 5.69. The van der Waals surface area contributed by atoms with Crippen LogP contribution in [0.5, 0.6) is 0 Å². The molecule has 1 rings (SSSR count). The molecule has 1 heterocycles. The molecule has 9 heavy (non-hydrogen) atoms. The number of rotatable bonds is 1. The molecule has 1 aliphatic rings. The minimum absolute atomic E-state index is 0.425. The first-order valence-corrected chi connectivity index (χ1v) is 4.20. The van der Waals surface area contributed by atoms with Crippen LogP contribution in [0.2, 0.25) is 0 Å². The molecule has 0 atom stereocenters. The van der Waals surface area contributed by atoms with Crippen LogP contribution in [-0.4, -0.2) is 13.0 Å². The SMILES string of the molecule is O=S(=O)(Cl)N1NC=CO1. The van der Waals surface area contributed by atoms with Gasteiger partial charge in [0.2, 0.25) is 0 Å². The van der Waals surface area contributed by atoms with Crippen LogP contribution in [0.25, 0.3) is 0 Å². The van der Waals surface area contributed by atoms with Gasteiger partial charge in [0.05, 0.1) is 10.8 Å². The minimum Gasteiger partial charge on any atom is -0.377 e. The Hall–Kier alpha value is -0.460. The molecule has 1 N–H and O–H groups in total. The summed E-state index contributed by atoms with van der Waals surface area (Å²) in [5.74, 6) is 0. The fraction of sp³-hybridized carbons (Fsp3) is 0. The highest BCUT2D eigenvalue weighted by molar-refractivity contribution is 8.11. The predicted octanol–water partition coefficient (Wildman–Crippen LogP) is -0.307. The maximum absolute atomic E-state index is 10.3. The second-order valence-corrected chi connectivity index (χ2v) is 3.53. The predicted molar refractivity (Wildman–Crippen MR) is 30.0 cm³/mol. The van der Waals surface area contributed by atoms with Crippen molar-refractivity contribution in [1.82, 2.24) is 10.0 Å². The summed E-state index contributed by atoms with van der Waals surface area (Å²) in [6, 6.07) is 0. The summed E-state index contributed by atoms with van der Waals surface area (Å²) in [5, 5.41) is 0. The Kier molecular flexibility index (Phi) is 1.52. The van der Waals surface area contributed by atoms with Crippen LogP contribution in [0.15, 0.2) is 12.5 Å². The lowest BCUT2D eigenvalue weighted by molar-refractivity contribution is -0.0183. The van der Waals surface area contributed by atoms with Gasteiger partial charge >= 0.3 is 9.24 Å². The first-order valence-electron chi connectivity index (χ1n) is 1.93. The molecule has 0 aromatic carbocycles. The molecule has 0 aromatic rings. The molecule has 52 valence electrons. The molecule has 0 unspecified atom stereocenters. The van der Waals surface area contributed by atoms with Crippen LogP contribution < -0.4 is 5.43 Å². The molecule has 0 fully saturated rings. The Morgan fingerprint density at radius 1 is 1.67 bits per heavy atom. The third-order valence-corrected chi connectivity index (χ3v) is 1.57. The number of hydrazine groups is 1. The third kappa shape index (κ3) is 1.47. The average molecular weight is 171 g/mol. The van der Waals surface area contributed by atoms with E-state index >= 15 is 0 Å². The summed E-state index contributed by atoms with van der Waals surface area (Å²) in [5.41, 5.74) is 2.21. The van der Waals surface area contributed by atoms with Crippen LogP contribution in [-0.2, 0) is 14.1 Å². The van der Waals surface area contributed by atoms with Crippen molar-refractivity contribution in [3.63, 3.8) is 0 Å². The van der Waals surface area contributed by atoms with E-state index in [2.05, 4.69) is 10.3 Å². The summed E-state index contributed by atoms with van der Waals surface area (Å²) in [4.78, 5) is 4.34. The Bertz CT molecular complexity index is 214. The van der Waals surface area contributed by atoms with Gasteiger partial charge in [-0.15, -0.1) is 0 Å². The molecular weight excluding hydrogens is 168 g/mol. The van der Waals surface area contributed by atoms with Gasteiger partial charge in [-0.05, 0) is 0 Å². The van der Waals surface area contributed by atoms with E-state index in [1.165, 1.54) is 6.20 Å². The van der Waals surface area contributed by atoms with Crippen LogP contribution >= 0.6 is 10.7 Å². The average Bonchev–Trinajstić information content (AvgIpc) is 2.08. The van der Waals surface area contributed by atoms with E-state index in [1.54, 1.807) is 0 Å². The molecule has 5 nitrogen and oxygen atoms in total. The van der Waals surface area contributed by atoms with Crippen molar-refractivity contribution >= 4 is 19.9 Å². The van der Waals surface area contributed by atoms with Gasteiger partial charge in [0.25, 0.3) is 0 Å². The lowest BCUT2D eigenvalue weighted by Gasteiger charge is -2.07. The normalized spacial score (nSPS) is 19.2. The van der Waals surface area contributed by atoms with E-state index in [0.717, 1.165) is 6.26 Å². The van der Waals surface area contributed by atoms with Gasteiger partial charge in [0.1, 0.15) is 6.26 Å². The second-order valence-electron chi connectivity index (χ2n) is 1.21. The van der Waals surface area contributed by atoms with Crippen LogP contribution in [0.4, 0.5) is 0 Å². The minimum atomic E-state index is -3.79. The van der Waals surface area contributed by atoms with E-state index in [4.69, 9.17) is 10.7 Å². The van der Waals surface area contributed by atoms with E-state index in [0.29, 0.717) is 4.58 Å². The summed E-state index contributed by atoms with van der Waals surface area (Å²) in [7, 11) is 1.02. The Morgan fingerprint density at radius 2 is 2.33 bits per heavy atom. The smallest absolute Gasteiger partial charge is 0.349 e. The molecule has 0 aliphatic carbocycles. The van der Waals surface area contributed by atoms with E-state index < -0.39 is 9.24 Å². The molecular formula is C2H3ClN2O3S. The van der Waals surface area contributed by atoms with Crippen molar-refractivity contribution in [2.45, 2.75) is 0 Å². The zero-order chi connectivity index (χ0) is 6.91. The summed E-state index contributed by atoms with van der Waals surface area (Å²) in [6.45, 7) is 0. The fourth-order valence-corrected chi connectivity index (χ4v) is 0.878. The van der Waals surface area contributed by atoms with Crippen molar-refractivity contribution in [2.24, 2.45) is 0 Å². The zero-order valence-electron chi connectivity index (χ0n) is 4.11. The maximum atomic E-state index is 10.3. The molecule has 0 saturated carbocycles. The van der Waals surface area contributed by atoms with Gasteiger partial charge in [0, 0.05) is 10.7 Å². The van der Waals surface area contributed by atoms with E-state index in [-0.39, 0.29) is 0 Å². The van der Waals surface area contributed by atoms with Gasteiger partial charge in [-0.3, -0.25) is 5.43 Å². The number of hydrogen-bond donors (Lipinski definition) is 1. The molecule has 7 heteroatoms. The van der Waals surface area contributed by atoms with Crippen molar-refractivity contribution in [1.29, 1.82) is 0 Å². The lowest BCUT2D eigenvalue weighted by Crippen LogP contribution is -2.31. The summed E-state index contributed by atoms with van der Waals surface area (Å²) in [6.07, 6.45) is 2.44. The summed E-state index contributed by atoms with van der Waals surface area (Å²) < 4.78 is 21.0. The van der Waals surface area contributed by atoms with Gasteiger partial charge in [-0.1, -0.05) is 0 Å². The molecule has 0 aromatic heterocycles. The van der Waals surface area contributed by atoms with Crippen LogP contribution in [0.3, 0.4) is 0 Å². The molecule has 0 amide bonds. The van der Waals surface area contributed by atoms with Crippen molar-refractivity contribution in [3.8, 4) is 0 Å². The fourth-order valence-electron chi connectivity index (χ4n) is 0.322. The largest absolute Gasteiger partial charge is 0.377 e. The van der Waals surface area contributed by atoms with Crippen molar-refractivity contribution in [2.75, 3.05) is 0 Å². The molecule has 0 spiro atoms. The third-order valence-electron chi connectivity index (χ3n) is 0.603. The highest BCUT2D eigenvalue weighted by Crippen LogP contribution is 2.06. The number of nitrogens with zero attached hydrogens (tertiary/aromatic N) is 1. The standard InChI is InChI=1S/C2H3ClN2O3S/c3-9(6,7)5-4-1-2-8-5/h1-2,4H. The Morgan fingerprint density at radius 3 is 2.56 bits per heavy atom.